The van der Waals surface area contributed by atoms with Crippen molar-refractivity contribution in [1.82, 2.24) is 0 Å². The van der Waals surface area contributed by atoms with E-state index in [2.05, 4.69) is 26.0 Å². The minimum Gasteiger partial charge on any atom is -0.0880 e. The summed E-state index contributed by atoms with van der Waals surface area (Å²) in [5, 5.41) is 0. The van der Waals surface area contributed by atoms with Gasteiger partial charge in [0.1, 0.15) is 0 Å². The molecule has 0 N–H and O–H groups in total. The van der Waals surface area contributed by atoms with Gasteiger partial charge in [0.2, 0.25) is 0 Å². The average Bonchev–Trinajstić information content (AvgIpc) is 2.39. The average molecular weight is 152 g/mol. The van der Waals surface area contributed by atoms with Gasteiger partial charge in [-0.15, -0.1) is 0 Å². The summed E-state index contributed by atoms with van der Waals surface area (Å²) >= 11 is 0. The van der Waals surface area contributed by atoms with Crippen molar-refractivity contribution in [2.75, 3.05) is 0 Å². The van der Waals surface area contributed by atoms with Gasteiger partial charge in [0.25, 0.3) is 0 Å². The van der Waals surface area contributed by atoms with Gasteiger partial charge in [-0.3, -0.25) is 0 Å². The maximum Gasteiger partial charge on any atom is -0.0202 e. The summed E-state index contributed by atoms with van der Waals surface area (Å²) in [5.74, 6) is 1.90. The van der Waals surface area contributed by atoms with E-state index in [4.69, 9.17) is 0 Å². The Kier molecular flexibility index (Phi) is 3.68. The SMILES string of the molecule is CCCC1C=CCC1CCC. The van der Waals surface area contributed by atoms with Crippen LogP contribution in [0.3, 0.4) is 0 Å². The van der Waals surface area contributed by atoms with Crippen molar-refractivity contribution in [3.8, 4) is 0 Å². The van der Waals surface area contributed by atoms with Gasteiger partial charge < -0.3 is 0 Å². The Morgan fingerprint density at radius 3 is 2.55 bits per heavy atom. The zero-order chi connectivity index (χ0) is 8.10. The highest BCUT2D eigenvalue weighted by atomic mass is 14.2. The number of rotatable bonds is 4. The van der Waals surface area contributed by atoms with Gasteiger partial charge in [0.15, 0.2) is 0 Å². The summed E-state index contributed by atoms with van der Waals surface area (Å²) in [7, 11) is 0. The molecule has 0 saturated heterocycles. The Bertz CT molecular complexity index is 124. The number of allylic oxidation sites excluding steroid dienone is 2. The summed E-state index contributed by atoms with van der Waals surface area (Å²) in [6, 6.07) is 0. The Labute approximate surface area is 70.7 Å². The first kappa shape index (κ1) is 8.83. The van der Waals surface area contributed by atoms with Crippen LogP contribution in [0.1, 0.15) is 46.0 Å². The second kappa shape index (κ2) is 4.58. The van der Waals surface area contributed by atoms with Crippen molar-refractivity contribution in [2.45, 2.75) is 46.0 Å². The Balaban J connectivity index is 2.30. The molecule has 11 heavy (non-hydrogen) atoms. The topological polar surface area (TPSA) is 0 Å². The minimum absolute atomic E-state index is 0.917. The molecule has 0 amide bonds. The Morgan fingerprint density at radius 2 is 1.91 bits per heavy atom. The molecule has 0 aromatic rings. The molecule has 0 spiro atoms. The molecule has 0 aliphatic heterocycles. The molecule has 0 heterocycles. The summed E-state index contributed by atoms with van der Waals surface area (Å²) in [6.07, 6.45) is 11.7. The third kappa shape index (κ3) is 2.36. The molecule has 0 bridgehead atoms. The first-order chi connectivity index (χ1) is 5.38. The molecule has 0 aromatic carbocycles. The second-order valence-electron chi connectivity index (χ2n) is 3.67. The van der Waals surface area contributed by atoms with Crippen molar-refractivity contribution < 1.29 is 0 Å². The van der Waals surface area contributed by atoms with Crippen molar-refractivity contribution in [3.05, 3.63) is 12.2 Å². The summed E-state index contributed by atoms with van der Waals surface area (Å²) < 4.78 is 0. The van der Waals surface area contributed by atoms with Crippen LogP contribution >= 0.6 is 0 Å². The van der Waals surface area contributed by atoms with Gasteiger partial charge in [-0.25, -0.2) is 0 Å². The van der Waals surface area contributed by atoms with Gasteiger partial charge in [-0.1, -0.05) is 38.8 Å². The third-order valence-corrected chi connectivity index (χ3v) is 2.71. The highest BCUT2D eigenvalue weighted by Crippen LogP contribution is 2.32. The fraction of sp³-hybridized carbons (Fsp3) is 0.818. The largest absolute Gasteiger partial charge is 0.0880 e. The van der Waals surface area contributed by atoms with Crippen LogP contribution in [0.4, 0.5) is 0 Å². The molecule has 2 unspecified atom stereocenters. The number of hydrogen-bond donors (Lipinski definition) is 0. The van der Waals surface area contributed by atoms with Gasteiger partial charge in [-0.2, -0.15) is 0 Å². The smallest absolute Gasteiger partial charge is 0.0202 e. The number of hydrogen-bond acceptors (Lipinski definition) is 0. The van der Waals surface area contributed by atoms with Gasteiger partial charge in [-0.05, 0) is 31.1 Å². The van der Waals surface area contributed by atoms with E-state index in [1.807, 2.05) is 0 Å². The highest BCUT2D eigenvalue weighted by molar-refractivity contribution is 5.00. The van der Waals surface area contributed by atoms with Crippen molar-refractivity contribution >= 4 is 0 Å². The van der Waals surface area contributed by atoms with Crippen LogP contribution in [-0.2, 0) is 0 Å². The first-order valence-corrected chi connectivity index (χ1v) is 5.05. The molecule has 0 nitrogen and oxygen atoms in total. The summed E-state index contributed by atoms with van der Waals surface area (Å²) in [5.41, 5.74) is 0. The molecule has 1 aliphatic rings. The fourth-order valence-electron chi connectivity index (χ4n) is 2.13. The monoisotopic (exact) mass is 152 g/mol. The van der Waals surface area contributed by atoms with E-state index in [0.717, 1.165) is 11.8 Å². The predicted octanol–water partition coefficient (Wildman–Crippen LogP) is 3.78. The van der Waals surface area contributed by atoms with Gasteiger partial charge in [0, 0.05) is 0 Å². The Hall–Kier alpha value is -0.260. The van der Waals surface area contributed by atoms with Crippen LogP contribution in [0.2, 0.25) is 0 Å². The van der Waals surface area contributed by atoms with Gasteiger partial charge >= 0.3 is 0 Å². The molecule has 1 aliphatic carbocycles. The lowest BCUT2D eigenvalue weighted by Crippen LogP contribution is -2.07. The lowest BCUT2D eigenvalue weighted by molar-refractivity contribution is 0.370. The lowest BCUT2D eigenvalue weighted by Gasteiger charge is -2.17. The minimum atomic E-state index is 0.917. The van der Waals surface area contributed by atoms with Crippen LogP contribution in [0.5, 0.6) is 0 Å². The molecule has 2 atom stereocenters. The molecule has 0 heteroatoms. The first-order valence-electron chi connectivity index (χ1n) is 5.05. The molecule has 0 fully saturated rings. The third-order valence-electron chi connectivity index (χ3n) is 2.71. The van der Waals surface area contributed by atoms with Crippen LogP contribution in [-0.4, -0.2) is 0 Å². The van der Waals surface area contributed by atoms with Crippen molar-refractivity contribution in [2.24, 2.45) is 11.8 Å². The van der Waals surface area contributed by atoms with Gasteiger partial charge in [0.05, 0.1) is 0 Å². The highest BCUT2D eigenvalue weighted by Gasteiger charge is 2.20. The molecule has 1 rings (SSSR count). The molecule has 64 valence electrons. The maximum absolute atomic E-state index is 2.43. The maximum atomic E-state index is 2.43. The molecular formula is C11H20. The summed E-state index contributed by atoms with van der Waals surface area (Å²) in [4.78, 5) is 0. The standard InChI is InChI=1S/C11H20/c1-3-6-10-8-5-9-11(10)7-4-2/h5,8,10-11H,3-4,6-7,9H2,1-2H3. The molecule has 0 aromatic heterocycles. The quantitative estimate of drug-likeness (QED) is 0.538. The summed E-state index contributed by atoms with van der Waals surface area (Å²) in [6.45, 7) is 4.58. The van der Waals surface area contributed by atoms with E-state index in [9.17, 15) is 0 Å². The van der Waals surface area contributed by atoms with Crippen LogP contribution in [0, 0.1) is 11.8 Å². The fourth-order valence-corrected chi connectivity index (χ4v) is 2.13. The Morgan fingerprint density at radius 1 is 1.18 bits per heavy atom. The second-order valence-corrected chi connectivity index (χ2v) is 3.67. The van der Waals surface area contributed by atoms with Crippen LogP contribution < -0.4 is 0 Å². The van der Waals surface area contributed by atoms with E-state index in [-0.39, 0.29) is 0 Å². The zero-order valence-corrected chi connectivity index (χ0v) is 7.84. The molecular weight excluding hydrogens is 132 g/mol. The van der Waals surface area contributed by atoms with Crippen molar-refractivity contribution in [3.63, 3.8) is 0 Å². The van der Waals surface area contributed by atoms with Crippen LogP contribution in [0.15, 0.2) is 12.2 Å². The van der Waals surface area contributed by atoms with E-state index >= 15 is 0 Å². The predicted molar refractivity (Wildman–Crippen MR) is 50.6 cm³/mol. The van der Waals surface area contributed by atoms with E-state index in [0.29, 0.717) is 0 Å². The van der Waals surface area contributed by atoms with Crippen LogP contribution in [0.25, 0.3) is 0 Å². The van der Waals surface area contributed by atoms with E-state index < -0.39 is 0 Å². The zero-order valence-electron chi connectivity index (χ0n) is 7.84. The van der Waals surface area contributed by atoms with E-state index in [1.165, 1.54) is 32.1 Å². The molecule has 0 saturated carbocycles. The van der Waals surface area contributed by atoms with Crippen molar-refractivity contribution in [1.29, 1.82) is 0 Å². The van der Waals surface area contributed by atoms with E-state index in [1.54, 1.807) is 0 Å². The molecule has 0 radical (unpaired) electrons. The lowest BCUT2D eigenvalue weighted by atomic mass is 9.88. The normalized spacial score (nSPS) is 29.6.